The minimum absolute atomic E-state index is 0.0340. The number of carbonyl (C=O) groups is 1. The lowest BCUT2D eigenvalue weighted by atomic mass is 10.3. The molecular weight excluding hydrogens is 296 g/mol. The van der Waals surface area contributed by atoms with Crippen molar-refractivity contribution in [2.24, 2.45) is 0 Å². The van der Waals surface area contributed by atoms with Gasteiger partial charge in [0.1, 0.15) is 4.90 Å². The highest BCUT2D eigenvalue weighted by molar-refractivity contribution is 7.89. The Kier molecular flexibility index (Phi) is 4.05. The molecule has 0 fully saturated rings. The average molecular weight is 310 g/mol. The van der Waals surface area contributed by atoms with Crippen molar-refractivity contribution >= 4 is 16.0 Å². The fraction of sp³-hybridized carbons (Fsp3) is 0.250. The maximum absolute atomic E-state index is 12.2. The van der Waals surface area contributed by atoms with Crippen molar-refractivity contribution in [1.29, 1.82) is 0 Å². The molecule has 3 N–H and O–H groups in total. The quantitative estimate of drug-likeness (QED) is 0.742. The third-order valence-corrected chi connectivity index (χ3v) is 4.31. The number of hydrogen-bond acceptors (Lipinski definition) is 5. The summed E-state index contributed by atoms with van der Waals surface area (Å²) >= 11 is 0. The lowest BCUT2D eigenvalue weighted by molar-refractivity contribution is 0.0686. The van der Waals surface area contributed by atoms with Gasteiger partial charge in [-0.05, 0) is 26.0 Å². The van der Waals surface area contributed by atoms with Crippen LogP contribution in [0.15, 0.2) is 23.1 Å². The van der Waals surface area contributed by atoms with Gasteiger partial charge in [0.15, 0.2) is 5.69 Å². The molecule has 2 aromatic rings. The molecule has 0 atom stereocenters. The van der Waals surface area contributed by atoms with Crippen LogP contribution in [0.5, 0.6) is 0 Å². The Morgan fingerprint density at radius 2 is 2.10 bits per heavy atom. The molecule has 2 heterocycles. The SMILES string of the molecule is Cc1cccc(CNS(=O)(=O)c2c(C(=O)O)n[nH]c2C)n1. The normalized spacial score (nSPS) is 11.5. The van der Waals surface area contributed by atoms with E-state index in [0.29, 0.717) is 5.69 Å². The standard InChI is InChI=1S/C12H14N4O4S/c1-7-4-3-5-9(14-7)6-13-21(19,20)11-8(2)15-16-10(11)12(17)18/h3-5,13H,6H2,1-2H3,(H,15,16)(H,17,18). The summed E-state index contributed by atoms with van der Waals surface area (Å²) in [7, 11) is -4.00. The highest BCUT2D eigenvalue weighted by atomic mass is 32.2. The number of H-pyrrole nitrogens is 1. The highest BCUT2D eigenvalue weighted by Crippen LogP contribution is 2.17. The van der Waals surface area contributed by atoms with Crippen LogP contribution in [0.4, 0.5) is 0 Å². The van der Waals surface area contributed by atoms with Crippen molar-refractivity contribution in [3.8, 4) is 0 Å². The molecule has 0 saturated carbocycles. The number of carboxylic acid groups (broad SMARTS) is 1. The molecule has 0 bridgehead atoms. The molecule has 112 valence electrons. The minimum atomic E-state index is -4.00. The maximum Gasteiger partial charge on any atom is 0.357 e. The molecule has 0 radical (unpaired) electrons. The van der Waals surface area contributed by atoms with E-state index >= 15 is 0 Å². The number of nitrogens with one attached hydrogen (secondary N) is 2. The predicted molar refractivity (Wildman–Crippen MR) is 73.3 cm³/mol. The second-order valence-corrected chi connectivity index (χ2v) is 6.13. The molecule has 0 aliphatic heterocycles. The number of nitrogens with zero attached hydrogens (tertiary/aromatic N) is 2. The van der Waals surface area contributed by atoms with Crippen LogP contribution in [-0.2, 0) is 16.6 Å². The van der Waals surface area contributed by atoms with Gasteiger partial charge in [0, 0.05) is 5.69 Å². The Morgan fingerprint density at radius 1 is 1.38 bits per heavy atom. The summed E-state index contributed by atoms with van der Waals surface area (Å²) in [4.78, 5) is 14.8. The van der Waals surface area contributed by atoms with Crippen LogP contribution in [0.25, 0.3) is 0 Å². The van der Waals surface area contributed by atoms with Crippen molar-refractivity contribution in [2.45, 2.75) is 25.3 Å². The molecule has 2 aromatic heterocycles. The van der Waals surface area contributed by atoms with Crippen molar-refractivity contribution in [2.75, 3.05) is 0 Å². The number of aromatic nitrogens is 3. The Balaban J connectivity index is 2.27. The van der Waals surface area contributed by atoms with Crippen LogP contribution in [0.1, 0.15) is 27.6 Å². The summed E-state index contributed by atoms with van der Waals surface area (Å²) in [6, 6.07) is 5.23. The summed E-state index contributed by atoms with van der Waals surface area (Å²) in [6.45, 7) is 3.20. The van der Waals surface area contributed by atoms with E-state index in [1.54, 1.807) is 25.1 Å². The van der Waals surface area contributed by atoms with Crippen molar-refractivity contribution in [3.05, 3.63) is 41.0 Å². The number of aromatic amines is 1. The van der Waals surface area contributed by atoms with E-state index < -0.39 is 21.7 Å². The third kappa shape index (κ3) is 3.26. The van der Waals surface area contributed by atoms with Crippen LogP contribution in [0, 0.1) is 13.8 Å². The Labute approximate surface area is 121 Å². The molecule has 0 unspecified atom stereocenters. The number of carboxylic acids is 1. The number of rotatable bonds is 5. The summed E-state index contributed by atoms with van der Waals surface area (Å²) in [5.41, 5.74) is 0.934. The summed E-state index contributed by atoms with van der Waals surface area (Å²) < 4.78 is 26.8. The fourth-order valence-electron chi connectivity index (χ4n) is 1.83. The van der Waals surface area contributed by atoms with Gasteiger partial charge < -0.3 is 5.11 Å². The molecule has 8 nitrogen and oxygen atoms in total. The van der Waals surface area contributed by atoms with E-state index in [4.69, 9.17) is 5.11 Å². The van der Waals surface area contributed by atoms with Gasteiger partial charge in [-0.2, -0.15) is 5.10 Å². The van der Waals surface area contributed by atoms with Crippen LogP contribution < -0.4 is 4.72 Å². The average Bonchev–Trinajstić information content (AvgIpc) is 2.80. The second kappa shape index (κ2) is 5.62. The first kappa shape index (κ1) is 15.1. The largest absolute Gasteiger partial charge is 0.476 e. The van der Waals surface area contributed by atoms with Gasteiger partial charge in [-0.15, -0.1) is 0 Å². The molecule has 0 aromatic carbocycles. The Hall–Kier alpha value is -2.26. The monoisotopic (exact) mass is 310 g/mol. The number of pyridine rings is 1. The van der Waals surface area contributed by atoms with E-state index in [-0.39, 0.29) is 17.1 Å². The maximum atomic E-state index is 12.2. The third-order valence-electron chi connectivity index (χ3n) is 2.75. The molecule has 9 heteroatoms. The van der Waals surface area contributed by atoms with Gasteiger partial charge in [-0.25, -0.2) is 17.9 Å². The second-order valence-electron chi connectivity index (χ2n) is 4.43. The van der Waals surface area contributed by atoms with Crippen molar-refractivity contribution in [1.82, 2.24) is 19.9 Å². The smallest absolute Gasteiger partial charge is 0.357 e. The molecule has 2 rings (SSSR count). The topological polar surface area (TPSA) is 125 Å². The van der Waals surface area contributed by atoms with Crippen LogP contribution in [0.3, 0.4) is 0 Å². The zero-order valence-electron chi connectivity index (χ0n) is 11.4. The molecule has 0 amide bonds. The number of aryl methyl sites for hydroxylation is 2. The zero-order chi connectivity index (χ0) is 15.6. The van der Waals surface area contributed by atoms with Gasteiger partial charge in [-0.3, -0.25) is 10.1 Å². The van der Waals surface area contributed by atoms with Gasteiger partial charge >= 0.3 is 5.97 Å². The molecule has 0 aliphatic carbocycles. The van der Waals surface area contributed by atoms with E-state index in [2.05, 4.69) is 19.9 Å². The Morgan fingerprint density at radius 3 is 2.71 bits per heavy atom. The highest BCUT2D eigenvalue weighted by Gasteiger charge is 2.28. The molecule has 21 heavy (non-hydrogen) atoms. The predicted octanol–water partition coefficient (Wildman–Crippen LogP) is 0.598. The zero-order valence-corrected chi connectivity index (χ0v) is 12.2. The number of sulfonamides is 1. The summed E-state index contributed by atoms with van der Waals surface area (Å²) in [5, 5.41) is 14.8. The van der Waals surface area contributed by atoms with Crippen LogP contribution in [-0.4, -0.2) is 34.7 Å². The van der Waals surface area contributed by atoms with E-state index in [9.17, 15) is 13.2 Å². The summed E-state index contributed by atoms with van der Waals surface area (Å²) in [5.74, 6) is -1.41. The molecule has 0 aliphatic rings. The number of aromatic carboxylic acids is 1. The van der Waals surface area contributed by atoms with Crippen LogP contribution >= 0.6 is 0 Å². The van der Waals surface area contributed by atoms with Gasteiger partial charge in [0.2, 0.25) is 10.0 Å². The van der Waals surface area contributed by atoms with E-state index in [1.807, 2.05) is 0 Å². The van der Waals surface area contributed by atoms with Gasteiger partial charge in [0.05, 0.1) is 17.9 Å². The van der Waals surface area contributed by atoms with Gasteiger partial charge in [0.25, 0.3) is 0 Å². The lowest BCUT2D eigenvalue weighted by Gasteiger charge is -2.07. The van der Waals surface area contributed by atoms with E-state index in [0.717, 1.165) is 5.69 Å². The lowest BCUT2D eigenvalue weighted by Crippen LogP contribution is -2.25. The van der Waals surface area contributed by atoms with E-state index in [1.165, 1.54) is 6.92 Å². The fourth-order valence-corrected chi connectivity index (χ4v) is 3.15. The summed E-state index contributed by atoms with van der Waals surface area (Å²) in [6.07, 6.45) is 0. The van der Waals surface area contributed by atoms with Crippen molar-refractivity contribution in [3.63, 3.8) is 0 Å². The first-order chi connectivity index (χ1) is 9.81. The molecule has 0 saturated heterocycles. The first-order valence-electron chi connectivity index (χ1n) is 6.01. The van der Waals surface area contributed by atoms with Crippen molar-refractivity contribution < 1.29 is 18.3 Å². The molecular formula is C12H14N4O4S. The molecule has 0 spiro atoms. The number of hydrogen-bond donors (Lipinski definition) is 3. The van der Waals surface area contributed by atoms with Crippen LogP contribution in [0.2, 0.25) is 0 Å². The first-order valence-corrected chi connectivity index (χ1v) is 7.50. The van der Waals surface area contributed by atoms with Gasteiger partial charge in [-0.1, -0.05) is 6.07 Å². The Bertz CT molecular complexity index is 782. The minimum Gasteiger partial charge on any atom is -0.476 e.